The minimum Gasteiger partial charge on any atom is -0.481 e. The molecule has 1 aliphatic heterocycles. The highest BCUT2D eigenvalue weighted by atomic mass is 33.1. The van der Waals surface area contributed by atoms with Crippen LogP contribution in [0.1, 0.15) is 158 Å². The molecule has 1 heterocycles. The number of aliphatic carboxylic acids is 1. The number of nitrogens with one attached hydrogen (secondary N) is 2. The van der Waals surface area contributed by atoms with E-state index in [1.807, 2.05) is 21.6 Å². The third-order valence-corrected chi connectivity index (χ3v) is 20.5. The molecule has 0 aromatic rings. The van der Waals surface area contributed by atoms with E-state index < -0.39 is 22.8 Å². The molecule has 6 rings (SSSR count). The van der Waals surface area contributed by atoms with E-state index in [1.54, 1.807) is 13.8 Å². The number of carbonyl (C=O) groups excluding carboxylic acids is 3. The lowest BCUT2D eigenvalue weighted by Crippen LogP contribution is -2.67. The van der Waals surface area contributed by atoms with Gasteiger partial charge in [0.15, 0.2) is 0 Å². The molecule has 0 spiro atoms. The number of hydrogen-bond acceptors (Lipinski definition) is 7. The number of esters is 1. The molecule has 2 amide bonds. The Morgan fingerprint density at radius 3 is 2.25 bits per heavy atom. The number of allylic oxidation sites excluding steroid dienone is 1. The van der Waals surface area contributed by atoms with Gasteiger partial charge in [-0.15, -0.1) is 0 Å². The van der Waals surface area contributed by atoms with E-state index in [9.17, 15) is 24.3 Å². The minimum atomic E-state index is -1.16. The standard InChI is InChI=1S/C46H74N2O6S2/c1-29(2)31-16-22-46(39(51)48-26-25-47-36(49)13-11-10-12-30-19-27-55-56-30)24-23-44(8)32(38(31)46)14-15-34-43(7)20-18-35(54-37(50)28-41(3,4)40(52)53)42(5,6)33(43)17-21-45(34,44)9/h30-35,38H,1,10-28H2,2-9H3,(H,47,49)(H,48,51)(H,52,53). The quantitative estimate of drug-likeness (QED) is 0.0686. The van der Waals surface area contributed by atoms with Gasteiger partial charge in [-0.3, -0.25) is 19.2 Å². The number of hydrogen-bond donors (Lipinski definition) is 3. The Morgan fingerprint density at radius 2 is 1.57 bits per heavy atom. The van der Waals surface area contributed by atoms with E-state index in [-0.39, 0.29) is 51.9 Å². The van der Waals surface area contributed by atoms with Gasteiger partial charge in [0.2, 0.25) is 11.8 Å². The van der Waals surface area contributed by atoms with Crippen LogP contribution in [0.2, 0.25) is 0 Å². The third-order valence-electron chi connectivity index (χ3n) is 17.5. The van der Waals surface area contributed by atoms with Crippen LogP contribution in [0.4, 0.5) is 0 Å². The maximum atomic E-state index is 14.5. The molecule has 11 unspecified atom stereocenters. The van der Waals surface area contributed by atoms with Gasteiger partial charge in [-0.25, -0.2) is 0 Å². The summed E-state index contributed by atoms with van der Waals surface area (Å²) >= 11 is 0. The van der Waals surface area contributed by atoms with Crippen LogP contribution in [-0.2, 0) is 23.9 Å². The van der Waals surface area contributed by atoms with Crippen LogP contribution >= 0.6 is 21.6 Å². The second-order valence-corrected chi connectivity index (χ2v) is 24.0. The summed E-state index contributed by atoms with van der Waals surface area (Å²) in [7, 11) is 3.97. The van der Waals surface area contributed by atoms with E-state index >= 15 is 0 Å². The molecular formula is C46H74N2O6S2. The molecular weight excluding hydrogens is 741 g/mol. The summed E-state index contributed by atoms with van der Waals surface area (Å²) in [5.74, 6) is 2.12. The van der Waals surface area contributed by atoms with Crippen molar-refractivity contribution in [1.82, 2.24) is 10.6 Å². The zero-order valence-corrected chi connectivity index (χ0v) is 37.6. The van der Waals surface area contributed by atoms with Crippen molar-refractivity contribution in [1.29, 1.82) is 0 Å². The summed E-state index contributed by atoms with van der Waals surface area (Å²) in [6, 6.07) is 0. The fraction of sp³-hybridized carbons (Fsp3) is 0.870. The topological polar surface area (TPSA) is 122 Å². The highest BCUT2D eigenvalue weighted by molar-refractivity contribution is 8.77. The lowest BCUT2D eigenvalue weighted by atomic mass is 9.32. The van der Waals surface area contributed by atoms with Crippen LogP contribution in [0, 0.1) is 62.1 Å². The number of ether oxygens (including phenoxy) is 1. The molecule has 3 N–H and O–H groups in total. The van der Waals surface area contributed by atoms with Crippen molar-refractivity contribution in [2.24, 2.45) is 62.1 Å². The molecule has 6 aliphatic rings. The highest BCUT2D eigenvalue weighted by Crippen LogP contribution is 2.77. The van der Waals surface area contributed by atoms with E-state index in [2.05, 4.69) is 58.8 Å². The number of unbranched alkanes of at least 4 members (excludes halogenated alkanes) is 1. The Balaban J connectivity index is 1.12. The zero-order chi connectivity index (χ0) is 40.9. The van der Waals surface area contributed by atoms with Crippen molar-refractivity contribution in [3.63, 3.8) is 0 Å². The van der Waals surface area contributed by atoms with E-state index in [4.69, 9.17) is 4.74 Å². The van der Waals surface area contributed by atoms with Crippen LogP contribution in [0.3, 0.4) is 0 Å². The molecule has 10 heteroatoms. The van der Waals surface area contributed by atoms with Crippen LogP contribution in [0.15, 0.2) is 12.2 Å². The summed E-state index contributed by atoms with van der Waals surface area (Å²) in [5.41, 5.74) is -0.241. The van der Waals surface area contributed by atoms with Crippen LogP contribution in [0.5, 0.6) is 0 Å². The van der Waals surface area contributed by atoms with Gasteiger partial charge in [0.25, 0.3) is 0 Å². The molecule has 56 heavy (non-hydrogen) atoms. The summed E-state index contributed by atoms with van der Waals surface area (Å²) < 4.78 is 6.18. The average molecular weight is 815 g/mol. The van der Waals surface area contributed by atoms with Gasteiger partial charge in [0.05, 0.1) is 17.3 Å². The molecule has 0 aromatic heterocycles. The second kappa shape index (κ2) is 16.4. The van der Waals surface area contributed by atoms with Crippen molar-refractivity contribution in [2.75, 3.05) is 18.8 Å². The molecule has 1 saturated heterocycles. The normalized spacial score (nSPS) is 40.0. The maximum absolute atomic E-state index is 14.5. The molecule has 0 radical (unpaired) electrons. The smallest absolute Gasteiger partial charge is 0.309 e. The number of amides is 2. The number of fused-ring (bicyclic) bond motifs is 7. The number of carboxylic acid groups (broad SMARTS) is 1. The fourth-order valence-electron chi connectivity index (χ4n) is 14.2. The van der Waals surface area contributed by atoms with E-state index in [0.29, 0.717) is 43.2 Å². The monoisotopic (exact) mass is 814 g/mol. The molecule has 316 valence electrons. The van der Waals surface area contributed by atoms with Gasteiger partial charge in [-0.1, -0.05) is 74.8 Å². The third kappa shape index (κ3) is 7.75. The van der Waals surface area contributed by atoms with Gasteiger partial charge >= 0.3 is 11.9 Å². The Kier molecular flexibility index (Phi) is 12.9. The SMILES string of the molecule is C=C(C)C1CCC2(C(=O)NCCNC(=O)CCCCC3CCSS3)CCC3(C)C(CCC4C5(C)CCC(OC(=O)CC(C)(C)C(=O)O)C(C)(C)C5CCC43C)C12. The Labute approximate surface area is 346 Å². The fourth-order valence-corrected chi connectivity index (χ4v) is 17.2. The number of carbonyl (C=O) groups is 4. The summed E-state index contributed by atoms with van der Waals surface area (Å²) in [6.07, 6.45) is 14.9. The van der Waals surface area contributed by atoms with Crippen molar-refractivity contribution in [3.8, 4) is 0 Å². The van der Waals surface area contributed by atoms with Gasteiger partial charge in [0, 0.05) is 35.9 Å². The summed E-state index contributed by atoms with van der Waals surface area (Å²) in [5, 5.41) is 16.8. The van der Waals surface area contributed by atoms with Gasteiger partial charge in [-0.05, 0) is 150 Å². The predicted octanol–water partition coefficient (Wildman–Crippen LogP) is 10.0. The van der Waals surface area contributed by atoms with Gasteiger partial charge in [0.1, 0.15) is 6.10 Å². The molecule has 0 aromatic carbocycles. The first-order valence-corrected chi connectivity index (χ1v) is 24.5. The largest absolute Gasteiger partial charge is 0.481 e. The van der Waals surface area contributed by atoms with Crippen molar-refractivity contribution < 1.29 is 29.0 Å². The lowest BCUT2D eigenvalue weighted by molar-refractivity contribution is -0.249. The molecule has 8 nitrogen and oxygen atoms in total. The molecule has 11 atom stereocenters. The highest BCUT2D eigenvalue weighted by Gasteiger charge is 2.72. The lowest BCUT2D eigenvalue weighted by Gasteiger charge is -2.72. The first-order chi connectivity index (χ1) is 26.2. The van der Waals surface area contributed by atoms with E-state index in [0.717, 1.165) is 82.3 Å². The van der Waals surface area contributed by atoms with Crippen molar-refractivity contribution >= 4 is 45.3 Å². The minimum absolute atomic E-state index is 0.0893. The van der Waals surface area contributed by atoms with Crippen LogP contribution in [0.25, 0.3) is 0 Å². The van der Waals surface area contributed by atoms with Crippen LogP contribution in [-0.4, -0.2) is 59.1 Å². The number of rotatable bonds is 14. The van der Waals surface area contributed by atoms with E-state index in [1.165, 1.54) is 24.2 Å². The van der Waals surface area contributed by atoms with Crippen LogP contribution < -0.4 is 10.6 Å². The Hall–Kier alpha value is -1.68. The molecule has 5 aliphatic carbocycles. The Morgan fingerprint density at radius 1 is 0.839 bits per heavy atom. The van der Waals surface area contributed by atoms with Gasteiger partial charge < -0.3 is 20.5 Å². The second-order valence-electron chi connectivity index (χ2n) is 21.2. The molecule has 6 fully saturated rings. The maximum Gasteiger partial charge on any atom is 0.309 e. The zero-order valence-electron chi connectivity index (χ0n) is 36.0. The van der Waals surface area contributed by atoms with Gasteiger partial charge in [-0.2, -0.15) is 0 Å². The first-order valence-electron chi connectivity index (χ1n) is 22.1. The number of carboxylic acids is 1. The Bertz CT molecular complexity index is 1530. The molecule has 0 bridgehead atoms. The summed E-state index contributed by atoms with van der Waals surface area (Å²) in [6.45, 7) is 23.1. The molecule has 5 saturated carbocycles. The van der Waals surface area contributed by atoms with Crippen molar-refractivity contribution in [2.45, 2.75) is 169 Å². The van der Waals surface area contributed by atoms with Crippen molar-refractivity contribution in [3.05, 3.63) is 12.2 Å². The average Bonchev–Trinajstić information content (AvgIpc) is 3.79. The summed E-state index contributed by atoms with van der Waals surface area (Å²) in [4.78, 5) is 52.0. The predicted molar refractivity (Wildman–Crippen MR) is 228 cm³/mol. The first kappa shape index (κ1) is 43.9.